The molecule has 4 heteroatoms. The fourth-order valence-electron chi connectivity index (χ4n) is 1.52. The van der Waals surface area contributed by atoms with Gasteiger partial charge in [-0.05, 0) is 45.4 Å². The van der Waals surface area contributed by atoms with Crippen LogP contribution < -0.4 is 0 Å². The molecule has 1 aromatic carbocycles. The van der Waals surface area contributed by atoms with E-state index in [0.29, 0.717) is 0 Å². The summed E-state index contributed by atoms with van der Waals surface area (Å²) >= 11 is 3.35. The van der Waals surface area contributed by atoms with Crippen molar-refractivity contribution in [2.75, 3.05) is 0 Å². The van der Waals surface area contributed by atoms with Crippen molar-refractivity contribution < 1.29 is 14.3 Å². The van der Waals surface area contributed by atoms with E-state index < -0.39 is 17.5 Å². The molecular weight excluding hydrogens is 308 g/mol. The molecule has 0 bridgehead atoms. The van der Waals surface area contributed by atoms with Crippen molar-refractivity contribution in [1.82, 2.24) is 0 Å². The summed E-state index contributed by atoms with van der Waals surface area (Å²) in [4.78, 5) is 23.8. The number of Topliss-reactive ketones (excluding diaryl/α,β-unsaturated/α-hetero) is 1. The van der Waals surface area contributed by atoms with E-state index in [2.05, 4.69) is 15.9 Å². The lowest BCUT2D eigenvalue weighted by Crippen LogP contribution is -2.31. The van der Waals surface area contributed by atoms with Crippen LogP contribution in [0.2, 0.25) is 0 Å². The minimum Gasteiger partial charge on any atom is -0.459 e. The molecule has 0 fully saturated rings. The van der Waals surface area contributed by atoms with E-state index in [0.717, 1.165) is 10.0 Å². The van der Waals surface area contributed by atoms with Gasteiger partial charge in [-0.1, -0.05) is 28.1 Å². The van der Waals surface area contributed by atoms with Gasteiger partial charge in [0.15, 0.2) is 5.78 Å². The summed E-state index contributed by atoms with van der Waals surface area (Å²) in [6, 6.07) is 7.50. The van der Waals surface area contributed by atoms with Crippen molar-refractivity contribution in [3.63, 3.8) is 0 Å². The van der Waals surface area contributed by atoms with Gasteiger partial charge in [-0.2, -0.15) is 0 Å². The van der Waals surface area contributed by atoms with Gasteiger partial charge in [-0.3, -0.25) is 9.59 Å². The van der Waals surface area contributed by atoms with Crippen molar-refractivity contribution in [2.24, 2.45) is 5.92 Å². The van der Waals surface area contributed by atoms with Gasteiger partial charge in [0.05, 0.1) is 0 Å². The number of carbonyl (C=O) groups excluding carboxylic acids is 2. The Kier molecular flexibility index (Phi) is 5.29. The highest BCUT2D eigenvalue weighted by Crippen LogP contribution is 2.16. The van der Waals surface area contributed by atoms with Crippen LogP contribution in [-0.4, -0.2) is 17.4 Å². The van der Waals surface area contributed by atoms with Crippen molar-refractivity contribution in [3.05, 3.63) is 34.3 Å². The minimum absolute atomic E-state index is 0.132. The second kappa shape index (κ2) is 6.33. The highest BCUT2D eigenvalue weighted by Gasteiger charge is 2.26. The summed E-state index contributed by atoms with van der Waals surface area (Å²) in [6.45, 7) is 6.96. The molecule has 3 nitrogen and oxygen atoms in total. The average Bonchev–Trinajstić information content (AvgIpc) is 2.25. The Morgan fingerprint density at radius 3 is 2.47 bits per heavy atom. The molecule has 1 aromatic rings. The van der Waals surface area contributed by atoms with Crippen LogP contribution in [0.3, 0.4) is 0 Å². The Hall–Kier alpha value is -1.16. The molecule has 0 saturated heterocycles. The maximum atomic E-state index is 12.0. The first-order chi connectivity index (χ1) is 8.69. The molecule has 0 aliphatic carbocycles. The monoisotopic (exact) mass is 326 g/mol. The molecule has 1 rings (SSSR count). The number of hydrogen-bond acceptors (Lipinski definition) is 3. The van der Waals surface area contributed by atoms with Gasteiger partial charge in [-0.25, -0.2) is 0 Å². The zero-order valence-corrected chi connectivity index (χ0v) is 13.3. The van der Waals surface area contributed by atoms with Gasteiger partial charge in [0.25, 0.3) is 0 Å². The zero-order chi connectivity index (χ0) is 14.6. The first-order valence-electron chi connectivity index (χ1n) is 6.19. The van der Waals surface area contributed by atoms with Crippen LogP contribution in [0.1, 0.15) is 33.3 Å². The van der Waals surface area contributed by atoms with E-state index in [4.69, 9.17) is 4.74 Å². The smallest absolute Gasteiger partial charge is 0.316 e. The molecular formula is C15H19BrO3. The Morgan fingerprint density at radius 2 is 1.95 bits per heavy atom. The third kappa shape index (κ3) is 5.55. The molecule has 0 amide bonds. The van der Waals surface area contributed by atoms with Crippen LogP contribution in [0.4, 0.5) is 0 Å². The third-order valence-corrected chi connectivity index (χ3v) is 3.00. The molecule has 19 heavy (non-hydrogen) atoms. The quantitative estimate of drug-likeness (QED) is 0.627. The first-order valence-corrected chi connectivity index (χ1v) is 6.98. The van der Waals surface area contributed by atoms with Crippen LogP contribution in [0, 0.1) is 5.92 Å². The number of esters is 1. The lowest BCUT2D eigenvalue weighted by atomic mass is 9.99. The fourth-order valence-corrected chi connectivity index (χ4v) is 1.97. The van der Waals surface area contributed by atoms with E-state index in [1.54, 1.807) is 27.7 Å². The van der Waals surface area contributed by atoms with Gasteiger partial charge in [0, 0.05) is 10.9 Å². The largest absolute Gasteiger partial charge is 0.459 e. The number of hydrogen-bond donors (Lipinski definition) is 0. The van der Waals surface area contributed by atoms with Crippen LogP contribution in [0.15, 0.2) is 28.7 Å². The number of halogens is 1. The van der Waals surface area contributed by atoms with Crippen LogP contribution >= 0.6 is 15.9 Å². The van der Waals surface area contributed by atoms with E-state index in [9.17, 15) is 9.59 Å². The zero-order valence-electron chi connectivity index (χ0n) is 11.7. The van der Waals surface area contributed by atoms with Gasteiger partial charge in [0.2, 0.25) is 0 Å². The number of ketones is 1. The highest BCUT2D eigenvalue weighted by molar-refractivity contribution is 9.10. The van der Waals surface area contributed by atoms with Gasteiger partial charge in [0.1, 0.15) is 11.5 Å². The van der Waals surface area contributed by atoms with Crippen LogP contribution in [-0.2, 0) is 20.7 Å². The van der Waals surface area contributed by atoms with Crippen molar-refractivity contribution >= 4 is 27.7 Å². The van der Waals surface area contributed by atoms with Crippen molar-refractivity contribution in [2.45, 2.75) is 39.7 Å². The normalized spacial score (nSPS) is 12.9. The van der Waals surface area contributed by atoms with Crippen molar-refractivity contribution in [3.8, 4) is 0 Å². The molecule has 1 unspecified atom stereocenters. The number of rotatable bonds is 4. The molecule has 1 atom stereocenters. The number of carbonyl (C=O) groups is 2. The fraction of sp³-hybridized carbons (Fsp3) is 0.467. The van der Waals surface area contributed by atoms with Gasteiger partial charge < -0.3 is 4.74 Å². The Morgan fingerprint density at radius 1 is 1.32 bits per heavy atom. The predicted octanol–water partition coefficient (Wildman–Crippen LogP) is 3.54. The lowest BCUT2D eigenvalue weighted by molar-refractivity contribution is -0.161. The first kappa shape index (κ1) is 15.9. The second-order valence-electron chi connectivity index (χ2n) is 5.53. The van der Waals surface area contributed by atoms with Gasteiger partial charge in [-0.15, -0.1) is 0 Å². The maximum Gasteiger partial charge on any atom is 0.316 e. The van der Waals surface area contributed by atoms with Crippen molar-refractivity contribution in [1.29, 1.82) is 0 Å². The molecule has 0 aliphatic rings. The number of benzene rings is 1. The molecule has 0 N–H and O–H groups in total. The second-order valence-corrected chi connectivity index (χ2v) is 6.44. The van der Waals surface area contributed by atoms with E-state index in [1.807, 2.05) is 24.3 Å². The molecule has 0 heterocycles. The standard InChI is InChI=1S/C15H19BrO3/c1-10(14(18)19-15(2,3)4)13(17)9-11-6-5-7-12(16)8-11/h5-8,10H,9H2,1-4H3. The van der Waals surface area contributed by atoms with Gasteiger partial charge >= 0.3 is 5.97 Å². The Labute approximate surface area is 122 Å². The third-order valence-electron chi connectivity index (χ3n) is 2.51. The van der Waals surface area contributed by atoms with Crippen LogP contribution in [0.25, 0.3) is 0 Å². The molecule has 0 radical (unpaired) electrons. The highest BCUT2D eigenvalue weighted by atomic mass is 79.9. The molecule has 104 valence electrons. The SMILES string of the molecule is CC(C(=O)Cc1cccc(Br)c1)C(=O)OC(C)(C)C. The Balaban J connectivity index is 2.65. The minimum atomic E-state index is -0.738. The molecule has 0 aliphatic heterocycles. The van der Waals surface area contributed by atoms with E-state index >= 15 is 0 Å². The summed E-state index contributed by atoms with van der Waals surface area (Å²) in [5.41, 5.74) is 0.316. The maximum absolute atomic E-state index is 12.0. The summed E-state index contributed by atoms with van der Waals surface area (Å²) in [5.74, 6) is -1.34. The molecule has 0 spiro atoms. The summed E-state index contributed by atoms with van der Waals surface area (Å²) in [5, 5.41) is 0. The number of ether oxygens (including phenoxy) is 1. The van der Waals surface area contributed by atoms with Crippen LogP contribution in [0.5, 0.6) is 0 Å². The van der Waals surface area contributed by atoms with E-state index in [-0.39, 0.29) is 12.2 Å². The molecule has 0 aromatic heterocycles. The lowest BCUT2D eigenvalue weighted by Gasteiger charge is -2.21. The Bertz CT molecular complexity index is 475. The topological polar surface area (TPSA) is 43.4 Å². The van der Waals surface area contributed by atoms with E-state index in [1.165, 1.54) is 0 Å². The summed E-state index contributed by atoms with van der Waals surface area (Å²) in [6.07, 6.45) is 0.236. The average molecular weight is 327 g/mol. The summed E-state index contributed by atoms with van der Waals surface area (Å²) < 4.78 is 6.13. The predicted molar refractivity (Wildman–Crippen MR) is 77.9 cm³/mol. The summed E-state index contributed by atoms with van der Waals surface area (Å²) in [7, 11) is 0. The molecule has 0 saturated carbocycles.